The van der Waals surface area contributed by atoms with E-state index in [1.807, 2.05) is 6.92 Å². The van der Waals surface area contributed by atoms with Gasteiger partial charge < -0.3 is 5.11 Å². The first-order chi connectivity index (χ1) is 14.7. The third kappa shape index (κ3) is 2.73. The Morgan fingerprint density at radius 1 is 0.875 bits per heavy atom. The molecule has 4 fully saturated rings. The second kappa shape index (κ2) is 6.66. The van der Waals surface area contributed by atoms with E-state index in [4.69, 9.17) is 0 Å². The van der Waals surface area contributed by atoms with Crippen molar-refractivity contribution in [3.05, 3.63) is 11.6 Å². The van der Waals surface area contributed by atoms with E-state index >= 15 is 0 Å². The van der Waals surface area contributed by atoms with Gasteiger partial charge in [0.05, 0.1) is 5.41 Å². The molecular weight excluding hydrogens is 392 g/mol. The molecule has 2 nitrogen and oxygen atoms in total. The molecule has 0 aromatic rings. The van der Waals surface area contributed by atoms with Gasteiger partial charge in [0.15, 0.2) is 0 Å². The Morgan fingerprint density at radius 2 is 1.56 bits per heavy atom. The molecule has 1 N–H and O–H groups in total. The lowest BCUT2D eigenvalue weighted by molar-refractivity contribution is -0.181. The molecule has 0 radical (unpaired) electrons. The van der Waals surface area contributed by atoms with Crippen molar-refractivity contribution >= 4 is 5.97 Å². The normalized spacial score (nSPS) is 54.3. The average molecular weight is 441 g/mol. The number of aliphatic carboxylic acids is 1. The van der Waals surface area contributed by atoms with Crippen molar-refractivity contribution in [3.63, 3.8) is 0 Å². The number of hydrogen-bond donors (Lipinski definition) is 1. The van der Waals surface area contributed by atoms with Crippen LogP contribution in [0, 0.1) is 50.2 Å². The number of hydrogen-bond acceptors (Lipinski definition) is 1. The number of carbonyl (C=O) groups is 1. The third-order valence-electron chi connectivity index (χ3n) is 13.1. The van der Waals surface area contributed by atoms with E-state index < -0.39 is 11.4 Å². The molecule has 5 rings (SSSR count). The van der Waals surface area contributed by atoms with Crippen LogP contribution in [0.15, 0.2) is 11.6 Å². The third-order valence-corrected chi connectivity index (χ3v) is 13.1. The van der Waals surface area contributed by atoms with Crippen LogP contribution in [0.3, 0.4) is 0 Å². The summed E-state index contributed by atoms with van der Waals surface area (Å²) in [6.45, 7) is 17.5. The van der Waals surface area contributed by atoms with E-state index in [1.165, 1.54) is 51.4 Å². The van der Waals surface area contributed by atoms with Gasteiger partial charge in [0.2, 0.25) is 0 Å². The number of rotatable bonds is 1. The molecule has 0 unspecified atom stereocenters. The molecule has 5 aliphatic carbocycles. The van der Waals surface area contributed by atoms with Gasteiger partial charge in [-0.2, -0.15) is 0 Å². The highest BCUT2D eigenvalue weighted by Gasteiger charge is 2.67. The molecule has 180 valence electrons. The maximum Gasteiger partial charge on any atom is 0.309 e. The van der Waals surface area contributed by atoms with Crippen LogP contribution in [0.25, 0.3) is 0 Å². The zero-order chi connectivity index (χ0) is 23.4. The molecule has 32 heavy (non-hydrogen) atoms. The van der Waals surface area contributed by atoms with Crippen molar-refractivity contribution in [1.29, 1.82) is 0 Å². The lowest BCUT2D eigenvalue weighted by atomic mass is 9.34. The van der Waals surface area contributed by atoms with E-state index in [0.29, 0.717) is 22.2 Å². The fraction of sp³-hybridized carbons (Fsp3) is 0.900. The van der Waals surface area contributed by atoms with Crippen molar-refractivity contribution in [2.24, 2.45) is 50.2 Å². The average Bonchev–Trinajstić information content (AvgIpc) is 2.69. The van der Waals surface area contributed by atoms with Gasteiger partial charge in [0, 0.05) is 0 Å². The predicted molar refractivity (Wildman–Crippen MR) is 131 cm³/mol. The maximum absolute atomic E-state index is 12.2. The Morgan fingerprint density at radius 3 is 2.25 bits per heavy atom. The summed E-state index contributed by atoms with van der Waals surface area (Å²) in [4.78, 5) is 12.2. The second-order valence-electron chi connectivity index (χ2n) is 14.9. The highest BCUT2D eigenvalue weighted by molar-refractivity contribution is 5.74. The monoisotopic (exact) mass is 440 g/mol. The molecule has 0 bridgehead atoms. The first-order valence-corrected chi connectivity index (χ1v) is 13.7. The molecular formula is C30H48O2. The Hall–Kier alpha value is -0.790. The van der Waals surface area contributed by atoms with Gasteiger partial charge in [-0.3, -0.25) is 4.79 Å². The van der Waals surface area contributed by atoms with Gasteiger partial charge in [-0.1, -0.05) is 59.6 Å². The highest BCUT2D eigenvalue weighted by atomic mass is 16.4. The molecule has 0 aromatic heterocycles. The first kappa shape index (κ1) is 23.0. The first-order valence-electron chi connectivity index (χ1n) is 13.7. The summed E-state index contributed by atoms with van der Waals surface area (Å²) in [6.07, 6.45) is 16.1. The fourth-order valence-electron chi connectivity index (χ4n) is 10.6. The van der Waals surface area contributed by atoms with Crippen LogP contribution in [0.4, 0.5) is 0 Å². The number of carboxylic acids is 1. The van der Waals surface area contributed by atoms with Crippen LogP contribution in [0.2, 0.25) is 0 Å². The zero-order valence-corrected chi connectivity index (χ0v) is 21.9. The van der Waals surface area contributed by atoms with Gasteiger partial charge in [-0.05, 0) is 116 Å². The van der Waals surface area contributed by atoms with E-state index in [2.05, 4.69) is 47.6 Å². The van der Waals surface area contributed by atoms with Crippen LogP contribution >= 0.6 is 0 Å². The van der Waals surface area contributed by atoms with Gasteiger partial charge in [0.25, 0.3) is 0 Å². The smallest absolute Gasteiger partial charge is 0.309 e. The van der Waals surface area contributed by atoms with Crippen LogP contribution in [-0.2, 0) is 4.79 Å². The molecule has 0 aromatic carbocycles. The van der Waals surface area contributed by atoms with Gasteiger partial charge in [-0.25, -0.2) is 0 Å². The summed E-state index contributed by atoms with van der Waals surface area (Å²) in [5.74, 6) is 1.48. The molecule has 8 atom stereocenters. The topological polar surface area (TPSA) is 37.3 Å². The Bertz CT molecular complexity index is 855. The van der Waals surface area contributed by atoms with Gasteiger partial charge >= 0.3 is 5.97 Å². The Balaban J connectivity index is 1.57. The molecule has 0 spiro atoms. The fourth-order valence-corrected chi connectivity index (χ4v) is 10.6. The summed E-state index contributed by atoms with van der Waals surface area (Å²) in [6, 6.07) is 0. The van der Waals surface area contributed by atoms with E-state index in [-0.39, 0.29) is 10.8 Å². The zero-order valence-electron chi connectivity index (χ0n) is 21.9. The lowest BCUT2D eigenvalue weighted by Gasteiger charge is -2.71. The Kier molecular flexibility index (Phi) is 4.78. The van der Waals surface area contributed by atoms with Crippen LogP contribution in [0.1, 0.15) is 119 Å². The maximum atomic E-state index is 12.2. The molecule has 0 saturated heterocycles. The minimum atomic E-state index is -0.579. The molecule has 0 amide bonds. The molecule has 0 heterocycles. The van der Waals surface area contributed by atoms with Crippen LogP contribution in [0.5, 0.6) is 0 Å². The molecule has 4 saturated carbocycles. The SMILES string of the molecule is CC1(C)CCC[C@]2(C)[C@H]3CC=C4[C@@H]5C[C@](C)(C(=O)O)CC[C@]5(C)CC[C@@]4(C)[C@]3(C)CC[C@@H]12. The number of fused-ring (bicyclic) bond motifs is 7. The standard InChI is InChI=1S/C30H48O2/c1-25(2)12-8-13-28(5)22(25)11-14-30(7)23(28)10-9-20-21-19-27(4,24(31)32)16-15-26(21,3)17-18-29(20,30)6/h9,21-23H,8,10-19H2,1-7H3,(H,31,32)/t21-,22-,23+,26+,27+,28-,29+,30+/m0/s1. The second-order valence-corrected chi connectivity index (χ2v) is 14.9. The summed E-state index contributed by atoms with van der Waals surface area (Å²) in [7, 11) is 0. The quantitative estimate of drug-likeness (QED) is 0.417. The minimum Gasteiger partial charge on any atom is -0.481 e. The van der Waals surface area contributed by atoms with Crippen molar-refractivity contribution < 1.29 is 9.90 Å². The number of allylic oxidation sites excluding steroid dienone is 2. The molecule has 2 heteroatoms. The van der Waals surface area contributed by atoms with Crippen molar-refractivity contribution in [1.82, 2.24) is 0 Å². The van der Waals surface area contributed by atoms with Crippen LogP contribution in [-0.4, -0.2) is 11.1 Å². The van der Waals surface area contributed by atoms with E-state index in [1.54, 1.807) is 5.57 Å². The van der Waals surface area contributed by atoms with Crippen molar-refractivity contribution in [3.8, 4) is 0 Å². The number of carboxylic acid groups (broad SMARTS) is 1. The van der Waals surface area contributed by atoms with E-state index in [0.717, 1.165) is 31.1 Å². The summed E-state index contributed by atoms with van der Waals surface area (Å²) in [5.41, 5.74) is 2.89. The predicted octanol–water partition coefficient (Wildman–Crippen LogP) is 8.26. The van der Waals surface area contributed by atoms with Gasteiger partial charge in [-0.15, -0.1) is 0 Å². The summed E-state index contributed by atoms with van der Waals surface area (Å²) in [5, 5.41) is 10.1. The van der Waals surface area contributed by atoms with Crippen molar-refractivity contribution in [2.45, 2.75) is 119 Å². The molecule has 0 aliphatic heterocycles. The van der Waals surface area contributed by atoms with E-state index in [9.17, 15) is 9.90 Å². The van der Waals surface area contributed by atoms with Crippen molar-refractivity contribution in [2.75, 3.05) is 0 Å². The Labute approximate surface area is 197 Å². The highest BCUT2D eigenvalue weighted by Crippen LogP contribution is 2.75. The lowest BCUT2D eigenvalue weighted by Crippen LogP contribution is -2.63. The summed E-state index contributed by atoms with van der Waals surface area (Å²) >= 11 is 0. The molecule has 5 aliphatic rings. The van der Waals surface area contributed by atoms with Gasteiger partial charge in [0.1, 0.15) is 0 Å². The van der Waals surface area contributed by atoms with Crippen LogP contribution < -0.4 is 0 Å². The minimum absolute atomic E-state index is 0.229. The largest absolute Gasteiger partial charge is 0.481 e. The summed E-state index contributed by atoms with van der Waals surface area (Å²) < 4.78 is 0.